The molecular weight excluding hydrogens is 225 g/mol. The van der Waals surface area contributed by atoms with E-state index in [1.54, 1.807) is 6.20 Å². The maximum absolute atomic E-state index is 12.8. The van der Waals surface area contributed by atoms with E-state index in [-0.39, 0.29) is 5.82 Å². The molecule has 2 aromatic heterocycles. The zero-order valence-corrected chi connectivity index (χ0v) is 8.52. The summed E-state index contributed by atoms with van der Waals surface area (Å²) in [6.07, 6.45) is 2.69. The van der Waals surface area contributed by atoms with E-state index in [4.69, 9.17) is 11.6 Å². The molecule has 72 valence electrons. The summed E-state index contributed by atoms with van der Waals surface area (Å²) in [5.41, 5.74) is 0.624. The summed E-state index contributed by atoms with van der Waals surface area (Å²) in [7, 11) is 0. The van der Waals surface area contributed by atoms with Crippen molar-refractivity contribution < 1.29 is 4.39 Å². The first kappa shape index (κ1) is 9.48. The van der Waals surface area contributed by atoms with Gasteiger partial charge in [0.1, 0.15) is 15.8 Å². The Morgan fingerprint density at radius 1 is 1.36 bits per heavy atom. The average Bonchev–Trinajstić information content (AvgIpc) is 2.66. The van der Waals surface area contributed by atoms with E-state index in [0.717, 1.165) is 6.20 Å². The summed E-state index contributed by atoms with van der Waals surface area (Å²) in [5.74, 6) is -0.0643. The molecule has 0 aliphatic rings. The number of rotatable bonds is 2. The molecule has 6 heteroatoms. The lowest BCUT2D eigenvalue weighted by Gasteiger charge is -1.92. The quantitative estimate of drug-likeness (QED) is 0.743. The fourth-order valence-electron chi connectivity index (χ4n) is 0.953. The van der Waals surface area contributed by atoms with Gasteiger partial charge in [0.15, 0.2) is 0 Å². The predicted molar refractivity (Wildman–Crippen MR) is 52.7 cm³/mol. The van der Waals surface area contributed by atoms with Crippen LogP contribution >= 0.6 is 22.9 Å². The first-order valence-corrected chi connectivity index (χ1v) is 5.14. The Morgan fingerprint density at radius 3 is 2.86 bits per heavy atom. The number of halogens is 2. The number of hydrogen-bond donors (Lipinski definition) is 0. The van der Waals surface area contributed by atoms with Crippen LogP contribution in [0, 0.1) is 5.82 Å². The van der Waals surface area contributed by atoms with Crippen molar-refractivity contribution >= 4 is 22.9 Å². The van der Waals surface area contributed by atoms with Gasteiger partial charge >= 0.3 is 0 Å². The van der Waals surface area contributed by atoms with Gasteiger partial charge in [-0.15, -0.1) is 21.8 Å². The van der Waals surface area contributed by atoms with Gasteiger partial charge in [-0.3, -0.25) is 4.98 Å². The van der Waals surface area contributed by atoms with E-state index in [2.05, 4.69) is 15.2 Å². The van der Waals surface area contributed by atoms with Crippen LogP contribution in [0.4, 0.5) is 4.39 Å². The Morgan fingerprint density at radius 2 is 2.21 bits per heavy atom. The van der Waals surface area contributed by atoms with Crippen LogP contribution in [-0.4, -0.2) is 15.2 Å². The Kier molecular flexibility index (Phi) is 2.69. The monoisotopic (exact) mass is 229 g/mol. The number of hydrogen-bond acceptors (Lipinski definition) is 4. The molecule has 2 rings (SSSR count). The molecule has 0 unspecified atom stereocenters. The highest BCUT2D eigenvalue weighted by Gasteiger charge is 2.06. The van der Waals surface area contributed by atoms with Crippen LogP contribution < -0.4 is 0 Å². The fraction of sp³-hybridized carbons (Fsp3) is 0.125. The molecule has 0 atom stereocenters. The molecule has 14 heavy (non-hydrogen) atoms. The molecule has 0 aliphatic carbocycles. The summed E-state index contributed by atoms with van der Waals surface area (Å²) in [6, 6.07) is 1.37. The molecule has 2 heterocycles. The largest absolute Gasteiger partial charge is 0.261 e. The van der Waals surface area contributed by atoms with E-state index in [9.17, 15) is 4.39 Å². The highest BCUT2D eigenvalue weighted by molar-refractivity contribution is 7.14. The van der Waals surface area contributed by atoms with Crippen LogP contribution in [0.3, 0.4) is 0 Å². The summed E-state index contributed by atoms with van der Waals surface area (Å²) >= 11 is 6.91. The van der Waals surface area contributed by atoms with Crippen LogP contribution in [-0.2, 0) is 5.88 Å². The minimum absolute atomic E-state index is 0.320. The Bertz CT molecular complexity index is 446. The SMILES string of the molecule is Fc1cncc(-c2nnc(CCl)s2)c1. The van der Waals surface area contributed by atoms with E-state index in [1.165, 1.54) is 17.4 Å². The van der Waals surface area contributed by atoms with E-state index >= 15 is 0 Å². The second-order valence-electron chi connectivity index (χ2n) is 2.53. The average molecular weight is 230 g/mol. The maximum atomic E-state index is 12.8. The van der Waals surface area contributed by atoms with Gasteiger partial charge < -0.3 is 0 Å². The van der Waals surface area contributed by atoms with Crippen molar-refractivity contribution in [2.75, 3.05) is 0 Å². The lowest BCUT2D eigenvalue weighted by molar-refractivity contribution is 0.622. The van der Waals surface area contributed by atoms with Crippen LogP contribution in [0.25, 0.3) is 10.6 Å². The fourth-order valence-corrected chi connectivity index (χ4v) is 1.84. The van der Waals surface area contributed by atoms with Crippen molar-refractivity contribution in [3.63, 3.8) is 0 Å². The number of alkyl halides is 1. The van der Waals surface area contributed by atoms with Crippen LogP contribution in [0.5, 0.6) is 0 Å². The van der Waals surface area contributed by atoms with Crippen molar-refractivity contribution in [2.24, 2.45) is 0 Å². The second-order valence-corrected chi connectivity index (χ2v) is 3.86. The molecule has 0 aliphatic heterocycles. The lowest BCUT2D eigenvalue weighted by atomic mass is 10.3. The van der Waals surface area contributed by atoms with Crippen molar-refractivity contribution in [3.05, 3.63) is 29.3 Å². The zero-order valence-electron chi connectivity index (χ0n) is 6.94. The van der Waals surface area contributed by atoms with E-state index in [1.807, 2.05) is 0 Å². The number of pyridine rings is 1. The molecule has 0 bridgehead atoms. The highest BCUT2D eigenvalue weighted by atomic mass is 35.5. The Labute approximate surface area is 88.6 Å². The molecule has 0 radical (unpaired) electrons. The summed E-state index contributed by atoms with van der Waals surface area (Å²) < 4.78 is 12.8. The Balaban J connectivity index is 2.39. The molecule has 0 N–H and O–H groups in total. The topological polar surface area (TPSA) is 38.7 Å². The third-order valence-corrected chi connectivity index (χ3v) is 2.92. The second kappa shape index (κ2) is 3.98. The van der Waals surface area contributed by atoms with E-state index < -0.39 is 0 Å². The first-order valence-electron chi connectivity index (χ1n) is 3.79. The van der Waals surface area contributed by atoms with Gasteiger partial charge in [0.25, 0.3) is 0 Å². The smallest absolute Gasteiger partial charge is 0.149 e. The summed E-state index contributed by atoms with van der Waals surface area (Å²) in [4.78, 5) is 3.73. The molecule has 0 saturated carbocycles. The van der Waals surface area contributed by atoms with Gasteiger partial charge in [-0.05, 0) is 6.07 Å². The summed E-state index contributed by atoms with van der Waals surface area (Å²) in [6.45, 7) is 0. The molecule has 0 aromatic carbocycles. The summed E-state index contributed by atoms with van der Waals surface area (Å²) in [5, 5.41) is 9.05. The third kappa shape index (κ3) is 1.88. The number of aromatic nitrogens is 3. The van der Waals surface area contributed by atoms with Gasteiger partial charge in [0.2, 0.25) is 0 Å². The van der Waals surface area contributed by atoms with Gasteiger partial charge in [-0.2, -0.15) is 0 Å². The lowest BCUT2D eigenvalue weighted by Crippen LogP contribution is -1.82. The van der Waals surface area contributed by atoms with Crippen LogP contribution in [0.1, 0.15) is 5.01 Å². The van der Waals surface area contributed by atoms with Crippen molar-refractivity contribution in [1.82, 2.24) is 15.2 Å². The standard InChI is InChI=1S/C8H5ClFN3S/c9-2-7-12-13-8(14-7)5-1-6(10)4-11-3-5/h1,3-4H,2H2. The first-order chi connectivity index (χ1) is 6.79. The van der Waals surface area contributed by atoms with Gasteiger partial charge in [0, 0.05) is 11.8 Å². The van der Waals surface area contributed by atoms with E-state index in [0.29, 0.717) is 21.5 Å². The van der Waals surface area contributed by atoms with Gasteiger partial charge in [0.05, 0.1) is 12.1 Å². The molecule has 0 fully saturated rings. The normalized spacial score (nSPS) is 10.4. The third-order valence-electron chi connectivity index (χ3n) is 1.53. The molecule has 0 spiro atoms. The van der Waals surface area contributed by atoms with Crippen LogP contribution in [0.2, 0.25) is 0 Å². The van der Waals surface area contributed by atoms with Gasteiger partial charge in [-0.25, -0.2) is 4.39 Å². The molecule has 0 amide bonds. The van der Waals surface area contributed by atoms with Crippen molar-refractivity contribution in [1.29, 1.82) is 0 Å². The van der Waals surface area contributed by atoms with Crippen molar-refractivity contribution in [2.45, 2.75) is 5.88 Å². The minimum atomic E-state index is -0.384. The van der Waals surface area contributed by atoms with Crippen molar-refractivity contribution in [3.8, 4) is 10.6 Å². The van der Waals surface area contributed by atoms with Gasteiger partial charge in [-0.1, -0.05) is 11.3 Å². The zero-order chi connectivity index (χ0) is 9.97. The van der Waals surface area contributed by atoms with Crippen LogP contribution in [0.15, 0.2) is 18.5 Å². The molecule has 0 saturated heterocycles. The Hall–Kier alpha value is -1.07. The maximum Gasteiger partial charge on any atom is 0.149 e. The molecule has 2 aromatic rings. The predicted octanol–water partition coefficient (Wildman–Crippen LogP) is 2.48. The molecular formula is C8H5ClFN3S. The molecule has 3 nitrogen and oxygen atoms in total. The highest BCUT2D eigenvalue weighted by Crippen LogP contribution is 2.23. The minimum Gasteiger partial charge on any atom is -0.261 e. The number of nitrogens with zero attached hydrogens (tertiary/aromatic N) is 3.